The van der Waals surface area contributed by atoms with Gasteiger partial charge < -0.3 is 10.2 Å². The Morgan fingerprint density at radius 2 is 2.10 bits per heavy atom. The van der Waals surface area contributed by atoms with Gasteiger partial charge in [0.05, 0.1) is 12.4 Å². The second-order valence-electron chi connectivity index (χ2n) is 4.71. The summed E-state index contributed by atoms with van der Waals surface area (Å²) < 4.78 is 0. The van der Waals surface area contributed by atoms with Crippen molar-refractivity contribution in [2.24, 2.45) is 0 Å². The Morgan fingerprint density at radius 3 is 2.70 bits per heavy atom. The Balaban J connectivity index is 1.90. The van der Waals surface area contributed by atoms with Crippen LogP contribution in [0.15, 0.2) is 12.4 Å². The minimum atomic E-state index is -0.166. The van der Waals surface area contributed by atoms with Gasteiger partial charge in [-0.05, 0) is 12.8 Å². The Hall–Kier alpha value is -1.69. The summed E-state index contributed by atoms with van der Waals surface area (Å²) in [6.07, 6.45) is 4.80. The molecule has 1 aliphatic rings. The molecular weight excluding hydrogens is 280 g/mol. The minimum absolute atomic E-state index is 0.0514. The number of carbonyl (C=O) groups excluding carboxylic acids is 2. The van der Waals surface area contributed by atoms with Gasteiger partial charge in [-0.1, -0.05) is 18.5 Å². The number of likely N-dealkylation sites (tertiary alicyclic amines) is 1. The fourth-order valence-corrected chi connectivity index (χ4v) is 2.31. The fraction of sp³-hybridized carbons (Fsp3) is 0.538. The van der Waals surface area contributed by atoms with Gasteiger partial charge in [0.2, 0.25) is 5.91 Å². The summed E-state index contributed by atoms with van der Waals surface area (Å²) in [6, 6.07) is 0.150. The van der Waals surface area contributed by atoms with E-state index in [0.29, 0.717) is 19.5 Å². The third-order valence-corrected chi connectivity index (χ3v) is 3.47. The van der Waals surface area contributed by atoms with E-state index < -0.39 is 0 Å². The van der Waals surface area contributed by atoms with E-state index in [2.05, 4.69) is 15.3 Å². The predicted octanol–water partition coefficient (Wildman–Crippen LogP) is 1.26. The van der Waals surface area contributed by atoms with Crippen molar-refractivity contribution in [3.8, 4) is 0 Å². The maximum Gasteiger partial charge on any atom is 0.274 e. The highest BCUT2D eigenvalue weighted by Gasteiger charge is 2.25. The van der Waals surface area contributed by atoms with Crippen molar-refractivity contribution in [2.45, 2.75) is 32.2 Å². The molecule has 0 aromatic carbocycles. The van der Waals surface area contributed by atoms with E-state index in [-0.39, 0.29) is 28.7 Å². The normalized spacial score (nSPS) is 16.0. The van der Waals surface area contributed by atoms with Crippen molar-refractivity contribution < 1.29 is 9.59 Å². The second kappa shape index (κ2) is 6.65. The molecule has 1 aromatic heterocycles. The van der Waals surface area contributed by atoms with E-state index in [0.717, 1.165) is 12.8 Å². The number of carbonyl (C=O) groups is 2. The topological polar surface area (TPSA) is 75.2 Å². The lowest BCUT2D eigenvalue weighted by molar-refractivity contribution is -0.121. The van der Waals surface area contributed by atoms with Crippen LogP contribution in [0.4, 0.5) is 0 Å². The number of hydrogen-bond donors (Lipinski definition) is 1. The van der Waals surface area contributed by atoms with Crippen molar-refractivity contribution in [3.63, 3.8) is 0 Å². The van der Waals surface area contributed by atoms with E-state index in [1.807, 2.05) is 6.92 Å². The number of halogens is 1. The van der Waals surface area contributed by atoms with Gasteiger partial charge in [0.15, 0.2) is 0 Å². The van der Waals surface area contributed by atoms with E-state index in [1.54, 1.807) is 4.90 Å². The first-order chi connectivity index (χ1) is 9.60. The van der Waals surface area contributed by atoms with Gasteiger partial charge in [-0.15, -0.1) is 0 Å². The molecule has 0 aliphatic carbocycles. The number of amides is 2. The predicted molar refractivity (Wildman–Crippen MR) is 74.4 cm³/mol. The van der Waals surface area contributed by atoms with Crippen LogP contribution in [0.3, 0.4) is 0 Å². The number of aromatic nitrogens is 2. The number of hydrogen-bond acceptors (Lipinski definition) is 4. The Bertz CT molecular complexity index is 501. The first-order valence-corrected chi connectivity index (χ1v) is 7.04. The van der Waals surface area contributed by atoms with Crippen molar-refractivity contribution in [3.05, 3.63) is 23.2 Å². The summed E-state index contributed by atoms with van der Waals surface area (Å²) >= 11 is 5.73. The van der Waals surface area contributed by atoms with Crippen LogP contribution < -0.4 is 5.32 Å². The number of nitrogens with zero attached hydrogens (tertiary/aromatic N) is 3. The Labute approximate surface area is 122 Å². The standard InChI is InChI=1S/C13H17ClN4O2/c1-2-12(19)16-9-3-5-18(6-4-9)13(20)10-7-15-8-11(14)17-10/h7-9H,2-6H2,1H3,(H,16,19). The zero-order valence-corrected chi connectivity index (χ0v) is 12.1. The number of rotatable bonds is 3. The molecule has 108 valence electrons. The molecule has 1 saturated heterocycles. The maximum atomic E-state index is 12.2. The van der Waals surface area contributed by atoms with Crippen LogP contribution in [0, 0.1) is 0 Å². The van der Waals surface area contributed by atoms with E-state index >= 15 is 0 Å². The number of nitrogens with one attached hydrogen (secondary N) is 1. The molecule has 1 aromatic rings. The lowest BCUT2D eigenvalue weighted by Crippen LogP contribution is -2.46. The van der Waals surface area contributed by atoms with Crippen LogP contribution >= 0.6 is 11.6 Å². The summed E-state index contributed by atoms with van der Waals surface area (Å²) in [6.45, 7) is 3.02. The molecule has 2 amide bonds. The highest BCUT2D eigenvalue weighted by molar-refractivity contribution is 6.29. The molecule has 0 bridgehead atoms. The molecule has 1 fully saturated rings. The van der Waals surface area contributed by atoms with Crippen LogP contribution in [-0.2, 0) is 4.79 Å². The summed E-state index contributed by atoms with van der Waals surface area (Å²) in [5, 5.41) is 3.16. The van der Waals surface area contributed by atoms with Gasteiger partial charge in [0, 0.05) is 25.6 Å². The van der Waals surface area contributed by atoms with Gasteiger partial charge >= 0.3 is 0 Å². The molecule has 2 heterocycles. The summed E-state index contributed by atoms with van der Waals surface area (Å²) in [5.41, 5.74) is 0.258. The molecule has 0 atom stereocenters. The smallest absolute Gasteiger partial charge is 0.274 e. The van der Waals surface area contributed by atoms with Crippen LogP contribution in [0.1, 0.15) is 36.7 Å². The third-order valence-electron chi connectivity index (χ3n) is 3.29. The Kier molecular flexibility index (Phi) is 4.89. The maximum absolute atomic E-state index is 12.2. The molecule has 0 radical (unpaired) electrons. The molecule has 1 N–H and O–H groups in total. The molecule has 7 heteroatoms. The zero-order valence-electron chi connectivity index (χ0n) is 11.3. The molecule has 0 spiro atoms. The molecule has 6 nitrogen and oxygen atoms in total. The molecule has 1 aliphatic heterocycles. The monoisotopic (exact) mass is 296 g/mol. The second-order valence-corrected chi connectivity index (χ2v) is 5.10. The van der Waals surface area contributed by atoms with Gasteiger partial charge in [-0.3, -0.25) is 14.6 Å². The number of piperidine rings is 1. The van der Waals surface area contributed by atoms with Gasteiger partial charge in [-0.2, -0.15) is 0 Å². The SMILES string of the molecule is CCC(=O)NC1CCN(C(=O)c2cncc(Cl)n2)CC1. The summed E-state index contributed by atoms with van der Waals surface area (Å²) in [5.74, 6) is -0.115. The van der Waals surface area contributed by atoms with Crippen molar-refractivity contribution in [2.75, 3.05) is 13.1 Å². The van der Waals surface area contributed by atoms with Crippen LogP contribution in [0.2, 0.25) is 5.15 Å². The van der Waals surface area contributed by atoms with E-state index in [4.69, 9.17) is 11.6 Å². The lowest BCUT2D eigenvalue weighted by Gasteiger charge is -2.32. The molecule has 0 unspecified atom stereocenters. The van der Waals surface area contributed by atoms with Gasteiger partial charge in [0.1, 0.15) is 10.8 Å². The molecular formula is C13H17ClN4O2. The quantitative estimate of drug-likeness (QED) is 0.911. The average molecular weight is 297 g/mol. The van der Waals surface area contributed by atoms with Crippen molar-refractivity contribution >= 4 is 23.4 Å². The molecule has 20 heavy (non-hydrogen) atoms. The average Bonchev–Trinajstić information content (AvgIpc) is 2.47. The first-order valence-electron chi connectivity index (χ1n) is 6.66. The summed E-state index contributed by atoms with van der Waals surface area (Å²) in [4.78, 5) is 33.1. The van der Waals surface area contributed by atoms with Gasteiger partial charge in [0.25, 0.3) is 5.91 Å². The van der Waals surface area contributed by atoms with Crippen LogP contribution in [0.5, 0.6) is 0 Å². The molecule has 0 saturated carbocycles. The van der Waals surface area contributed by atoms with Crippen LogP contribution in [0.25, 0.3) is 0 Å². The first kappa shape index (κ1) is 14.7. The van der Waals surface area contributed by atoms with E-state index in [9.17, 15) is 9.59 Å². The summed E-state index contributed by atoms with van der Waals surface area (Å²) in [7, 11) is 0. The van der Waals surface area contributed by atoms with Crippen molar-refractivity contribution in [1.82, 2.24) is 20.2 Å². The fourth-order valence-electron chi connectivity index (χ4n) is 2.16. The van der Waals surface area contributed by atoms with Crippen LogP contribution in [-0.4, -0.2) is 45.8 Å². The molecule has 2 rings (SSSR count). The lowest BCUT2D eigenvalue weighted by atomic mass is 10.0. The highest BCUT2D eigenvalue weighted by Crippen LogP contribution is 2.14. The highest BCUT2D eigenvalue weighted by atomic mass is 35.5. The third kappa shape index (κ3) is 3.66. The largest absolute Gasteiger partial charge is 0.353 e. The Morgan fingerprint density at radius 1 is 1.40 bits per heavy atom. The minimum Gasteiger partial charge on any atom is -0.353 e. The zero-order chi connectivity index (χ0) is 14.5. The van der Waals surface area contributed by atoms with Crippen molar-refractivity contribution in [1.29, 1.82) is 0 Å². The van der Waals surface area contributed by atoms with E-state index in [1.165, 1.54) is 12.4 Å². The van der Waals surface area contributed by atoms with Gasteiger partial charge in [-0.25, -0.2) is 4.98 Å².